The van der Waals surface area contributed by atoms with Crippen molar-refractivity contribution in [2.75, 3.05) is 7.11 Å². The van der Waals surface area contributed by atoms with Gasteiger partial charge >= 0.3 is 6.18 Å². The molecule has 0 unspecified atom stereocenters. The molecule has 0 atom stereocenters. The molecule has 1 aromatic rings. The number of nitrogens with zero attached hydrogens (tertiary/aromatic N) is 1. The molecule has 0 aliphatic heterocycles. The average Bonchev–Trinajstić information content (AvgIpc) is 2.29. The standard InChI is InChI=1S/C6H7F3N2O/c1-3-4(6(7,8)9)10-11-5(3)12-2/h1-2H3,(H,10,11). The number of halogens is 3. The SMILES string of the molecule is COc1n[nH]c(C(F)(F)F)c1C. The molecule has 6 heteroatoms. The zero-order chi connectivity index (χ0) is 9.35. The van der Waals surface area contributed by atoms with Crippen LogP contribution in [0.15, 0.2) is 0 Å². The van der Waals surface area contributed by atoms with Gasteiger partial charge in [-0.1, -0.05) is 0 Å². The van der Waals surface area contributed by atoms with E-state index in [1.165, 1.54) is 14.0 Å². The Labute approximate surface area is 66.5 Å². The van der Waals surface area contributed by atoms with E-state index in [9.17, 15) is 13.2 Å². The van der Waals surface area contributed by atoms with Crippen LogP contribution in [0.25, 0.3) is 0 Å². The van der Waals surface area contributed by atoms with Gasteiger partial charge in [0.05, 0.1) is 7.11 Å². The van der Waals surface area contributed by atoms with Gasteiger partial charge in [0.1, 0.15) is 5.69 Å². The third-order valence-electron chi connectivity index (χ3n) is 1.44. The molecule has 0 radical (unpaired) electrons. The molecule has 0 saturated carbocycles. The van der Waals surface area contributed by atoms with Crippen molar-refractivity contribution in [2.45, 2.75) is 13.1 Å². The number of methoxy groups -OCH3 is 1. The van der Waals surface area contributed by atoms with Gasteiger partial charge < -0.3 is 4.74 Å². The summed E-state index contributed by atoms with van der Waals surface area (Å²) in [6.07, 6.45) is -4.39. The lowest BCUT2D eigenvalue weighted by Crippen LogP contribution is -2.07. The summed E-state index contributed by atoms with van der Waals surface area (Å²) in [5, 5.41) is 5.20. The minimum atomic E-state index is -4.39. The lowest BCUT2D eigenvalue weighted by Gasteiger charge is -2.03. The van der Waals surface area contributed by atoms with Gasteiger partial charge in [-0.3, -0.25) is 5.10 Å². The number of aromatic amines is 1. The molecule has 0 saturated heterocycles. The summed E-state index contributed by atoms with van der Waals surface area (Å²) in [4.78, 5) is 0. The van der Waals surface area contributed by atoms with Crippen LogP contribution in [0.2, 0.25) is 0 Å². The molecule has 68 valence electrons. The Morgan fingerprint density at radius 2 is 2.00 bits per heavy atom. The molecule has 0 fully saturated rings. The number of nitrogens with one attached hydrogen (secondary N) is 1. The third kappa shape index (κ3) is 1.37. The molecule has 3 nitrogen and oxygen atoms in total. The van der Waals surface area contributed by atoms with Crippen molar-refractivity contribution in [3.05, 3.63) is 11.3 Å². The highest BCUT2D eigenvalue weighted by Crippen LogP contribution is 2.33. The van der Waals surface area contributed by atoms with Crippen LogP contribution in [0, 0.1) is 6.92 Å². The summed E-state index contributed by atoms with van der Waals surface area (Å²) in [6, 6.07) is 0. The highest BCUT2D eigenvalue weighted by atomic mass is 19.4. The topological polar surface area (TPSA) is 37.9 Å². The highest BCUT2D eigenvalue weighted by Gasteiger charge is 2.36. The molecule has 0 aliphatic rings. The summed E-state index contributed by atoms with van der Waals surface area (Å²) >= 11 is 0. The van der Waals surface area contributed by atoms with E-state index in [1.807, 2.05) is 5.10 Å². The first-order chi connectivity index (χ1) is 5.46. The van der Waals surface area contributed by atoms with Crippen LogP contribution in [0.1, 0.15) is 11.3 Å². The number of H-pyrrole nitrogens is 1. The van der Waals surface area contributed by atoms with Gasteiger partial charge in [-0.05, 0) is 6.92 Å². The number of alkyl halides is 3. The lowest BCUT2D eigenvalue weighted by molar-refractivity contribution is -0.141. The molecular weight excluding hydrogens is 173 g/mol. The van der Waals surface area contributed by atoms with Crippen molar-refractivity contribution in [3.63, 3.8) is 0 Å². The average molecular weight is 180 g/mol. The summed E-state index contributed by atoms with van der Waals surface area (Å²) in [7, 11) is 1.27. The van der Waals surface area contributed by atoms with Crippen LogP contribution in [0.5, 0.6) is 5.88 Å². The van der Waals surface area contributed by atoms with Gasteiger partial charge in [-0.2, -0.15) is 13.2 Å². The van der Waals surface area contributed by atoms with Gasteiger partial charge in [0.25, 0.3) is 0 Å². The molecule has 0 aliphatic carbocycles. The molecule has 0 spiro atoms. The third-order valence-corrected chi connectivity index (χ3v) is 1.44. The molecule has 1 rings (SSSR count). The number of hydrogen-bond acceptors (Lipinski definition) is 2. The predicted molar refractivity (Wildman–Crippen MR) is 34.9 cm³/mol. The van der Waals surface area contributed by atoms with Crippen LogP contribution in [0.3, 0.4) is 0 Å². The van der Waals surface area contributed by atoms with Gasteiger partial charge in [0.15, 0.2) is 0 Å². The maximum Gasteiger partial charge on any atom is 0.433 e. The second-order valence-electron chi connectivity index (χ2n) is 2.23. The maximum absolute atomic E-state index is 12.1. The van der Waals surface area contributed by atoms with E-state index in [2.05, 4.69) is 9.84 Å². The van der Waals surface area contributed by atoms with Crippen molar-refractivity contribution in [3.8, 4) is 5.88 Å². The first kappa shape index (κ1) is 8.89. The lowest BCUT2D eigenvalue weighted by atomic mass is 10.2. The molecule has 0 bridgehead atoms. The fraction of sp³-hybridized carbons (Fsp3) is 0.500. The molecule has 1 N–H and O–H groups in total. The first-order valence-electron chi connectivity index (χ1n) is 3.13. The second kappa shape index (κ2) is 2.69. The Bertz CT molecular complexity index is 279. The van der Waals surface area contributed by atoms with Gasteiger partial charge in [-0.25, -0.2) is 0 Å². The van der Waals surface area contributed by atoms with E-state index in [0.29, 0.717) is 0 Å². The molecule has 12 heavy (non-hydrogen) atoms. The zero-order valence-electron chi connectivity index (χ0n) is 6.49. The van der Waals surface area contributed by atoms with E-state index in [1.54, 1.807) is 0 Å². The van der Waals surface area contributed by atoms with E-state index in [0.717, 1.165) is 0 Å². The minimum Gasteiger partial charge on any atom is -0.480 e. The molecule has 0 aromatic carbocycles. The van der Waals surface area contributed by atoms with Gasteiger partial charge in [-0.15, -0.1) is 5.10 Å². The van der Waals surface area contributed by atoms with Crippen molar-refractivity contribution >= 4 is 0 Å². The smallest absolute Gasteiger partial charge is 0.433 e. The largest absolute Gasteiger partial charge is 0.480 e. The normalized spacial score (nSPS) is 11.8. The van der Waals surface area contributed by atoms with Crippen molar-refractivity contribution in [1.29, 1.82) is 0 Å². The Kier molecular flexibility index (Phi) is 1.99. The van der Waals surface area contributed by atoms with E-state index in [4.69, 9.17) is 0 Å². The van der Waals surface area contributed by atoms with Gasteiger partial charge in [0.2, 0.25) is 5.88 Å². The monoisotopic (exact) mass is 180 g/mol. The minimum absolute atomic E-state index is 0.0231. The Morgan fingerprint density at radius 3 is 2.25 bits per heavy atom. The Morgan fingerprint density at radius 1 is 1.42 bits per heavy atom. The molecule has 1 heterocycles. The highest BCUT2D eigenvalue weighted by molar-refractivity contribution is 5.30. The Balaban J connectivity index is 3.11. The summed E-state index contributed by atoms with van der Waals surface area (Å²) in [5.74, 6) is -0.0256. The van der Waals surface area contributed by atoms with Crippen LogP contribution < -0.4 is 4.74 Å². The summed E-state index contributed by atoms with van der Waals surface area (Å²) < 4.78 is 40.8. The van der Waals surface area contributed by atoms with Crippen LogP contribution in [0.4, 0.5) is 13.2 Å². The number of aromatic nitrogens is 2. The van der Waals surface area contributed by atoms with E-state index >= 15 is 0 Å². The molecule has 0 amide bonds. The van der Waals surface area contributed by atoms with Crippen molar-refractivity contribution < 1.29 is 17.9 Å². The quantitative estimate of drug-likeness (QED) is 0.714. The predicted octanol–water partition coefficient (Wildman–Crippen LogP) is 1.75. The Hall–Kier alpha value is -1.20. The summed E-state index contributed by atoms with van der Waals surface area (Å²) in [5.41, 5.74) is -0.885. The van der Waals surface area contributed by atoms with Crippen LogP contribution in [-0.2, 0) is 6.18 Å². The second-order valence-corrected chi connectivity index (χ2v) is 2.23. The van der Waals surface area contributed by atoms with E-state index < -0.39 is 11.9 Å². The molecule has 1 aromatic heterocycles. The fourth-order valence-corrected chi connectivity index (χ4v) is 0.856. The van der Waals surface area contributed by atoms with Crippen LogP contribution in [-0.4, -0.2) is 17.3 Å². The summed E-state index contributed by atoms with van der Waals surface area (Å²) in [6.45, 7) is 1.30. The number of hydrogen-bond donors (Lipinski definition) is 1. The first-order valence-corrected chi connectivity index (χ1v) is 3.13. The molecular formula is C6H7F3N2O. The van der Waals surface area contributed by atoms with Crippen molar-refractivity contribution in [2.24, 2.45) is 0 Å². The van der Waals surface area contributed by atoms with Crippen molar-refractivity contribution in [1.82, 2.24) is 10.2 Å². The van der Waals surface area contributed by atoms with Crippen LogP contribution >= 0.6 is 0 Å². The number of ether oxygens (including phenoxy) is 1. The maximum atomic E-state index is 12.1. The van der Waals surface area contributed by atoms with E-state index in [-0.39, 0.29) is 11.4 Å². The number of rotatable bonds is 1. The van der Waals surface area contributed by atoms with Gasteiger partial charge in [0, 0.05) is 5.56 Å². The zero-order valence-corrected chi connectivity index (χ0v) is 6.49. The fourth-order valence-electron chi connectivity index (χ4n) is 0.856.